The Kier molecular flexibility index (Phi) is 6.37. The van der Waals surface area contributed by atoms with Crippen molar-refractivity contribution in [1.82, 2.24) is 10.2 Å². The zero-order chi connectivity index (χ0) is 17.6. The Morgan fingerprint density at radius 2 is 1.84 bits per heavy atom. The minimum atomic E-state index is -0.389. The van der Waals surface area contributed by atoms with Crippen LogP contribution < -0.4 is 5.32 Å². The van der Waals surface area contributed by atoms with Gasteiger partial charge in [-0.15, -0.1) is 0 Å². The molecule has 0 spiro atoms. The zero-order valence-electron chi connectivity index (χ0n) is 14.7. The highest BCUT2D eigenvalue weighted by Gasteiger charge is 2.27. The van der Waals surface area contributed by atoms with E-state index in [1.165, 1.54) is 25.0 Å². The molecule has 25 heavy (non-hydrogen) atoms. The third-order valence-electron chi connectivity index (χ3n) is 5.19. The molecule has 1 amide bonds. The first-order valence-corrected chi connectivity index (χ1v) is 10.1. The number of amides is 1. The quantitative estimate of drug-likeness (QED) is 0.815. The molecule has 6 heteroatoms. The fourth-order valence-corrected chi connectivity index (χ4v) is 4.80. The van der Waals surface area contributed by atoms with Crippen LogP contribution in [0.15, 0.2) is 24.3 Å². The van der Waals surface area contributed by atoms with Crippen LogP contribution in [-0.2, 0) is 4.74 Å². The lowest BCUT2D eigenvalue weighted by Crippen LogP contribution is -2.43. The number of carbonyl (C=O) groups excluding carboxylic acids is 2. The van der Waals surface area contributed by atoms with E-state index >= 15 is 0 Å². The molecule has 0 aromatic heterocycles. The number of thioether (sulfide) groups is 1. The topological polar surface area (TPSA) is 58.6 Å². The van der Waals surface area contributed by atoms with Gasteiger partial charge in [-0.3, -0.25) is 9.69 Å². The molecule has 0 unspecified atom stereocenters. The molecule has 3 rings (SSSR count). The molecule has 0 bridgehead atoms. The molecule has 136 valence electrons. The van der Waals surface area contributed by atoms with E-state index in [0.717, 1.165) is 38.5 Å². The van der Waals surface area contributed by atoms with Crippen LogP contribution in [0.4, 0.5) is 0 Å². The first-order chi connectivity index (χ1) is 12.2. The lowest BCUT2D eigenvalue weighted by Gasteiger charge is -2.35. The summed E-state index contributed by atoms with van der Waals surface area (Å²) in [5.74, 6) is 2.67. The van der Waals surface area contributed by atoms with Gasteiger partial charge in [-0.1, -0.05) is 0 Å². The largest absolute Gasteiger partial charge is 0.465 e. The predicted octanol–water partition coefficient (Wildman–Crippen LogP) is 2.42. The summed E-state index contributed by atoms with van der Waals surface area (Å²) in [4.78, 5) is 26.3. The van der Waals surface area contributed by atoms with Crippen molar-refractivity contribution in [3.63, 3.8) is 0 Å². The number of nitrogens with zero attached hydrogens (tertiary/aromatic N) is 1. The maximum absolute atomic E-state index is 12.3. The first-order valence-electron chi connectivity index (χ1n) is 8.95. The van der Waals surface area contributed by atoms with Crippen molar-refractivity contribution in [2.24, 2.45) is 5.92 Å². The highest BCUT2D eigenvalue weighted by Crippen LogP contribution is 2.26. The Morgan fingerprint density at radius 1 is 1.16 bits per heavy atom. The van der Waals surface area contributed by atoms with Gasteiger partial charge in [0, 0.05) is 23.9 Å². The van der Waals surface area contributed by atoms with Crippen LogP contribution >= 0.6 is 11.8 Å². The Hall–Kier alpha value is -1.53. The summed E-state index contributed by atoms with van der Waals surface area (Å²) in [5.41, 5.74) is 1.03. The number of piperidine rings is 1. The second kappa shape index (κ2) is 8.72. The Morgan fingerprint density at radius 3 is 2.44 bits per heavy atom. The van der Waals surface area contributed by atoms with Gasteiger partial charge in [-0.2, -0.15) is 11.8 Å². The summed E-state index contributed by atoms with van der Waals surface area (Å²) in [7, 11) is 1.35. The molecule has 0 saturated carbocycles. The van der Waals surface area contributed by atoms with Gasteiger partial charge in [-0.25, -0.2) is 4.79 Å². The van der Waals surface area contributed by atoms with Crippen LogP contribution in [0.25, 0.3) is 0 Å². The minimum absolute atomic E-state index is 0.0777. The molecule has 1 aromatic rings. The second-order valence-electron chi connectivity index (χ2n) is 6.78. The van der Waals surface area contributed by atoms with Crippen molar-refractivity contribution < 1.29 is 14.3 Å². The van der Waals surface area contributed by atoms with E-state index in [2.05, 4.69) is 26.7 Å². The molecule has 1 N–H and O–H groups in total. The summed E-state index contributed by atoms with van der Waals surface area (Å²) in [6.07, 6.45) is 3.64. The second-order valence-corrected chi connectivity index (χ2v) is 7.93. The van der Waals surface area contributed by atoms with Gasteiger partial charge in [0.15, 0.2) is 0 Å². The van der Waals surface area contributed by atoms with E-state index in [1.54, 1.807) is 24.3 Å². The summed E-state index contributed by atoms with van der Waals surface area (Å²) >= 11 is 2.06. The van der Waals surface area contributed by atoms with Gasteiger partial charge in [0.2, 0.25) is 0 Å². The molecular formula is C19H26N2O3S. The van der Waals surface area contributed by atoms with Gasteiger partial charge >= 0.3 is 5.97 Å². The van der Waals surface area contributed by atoms with Gasteiger partial charge in [-0.05, 0) is 68.3 Å². The first kappa shape index (κ1) is 18.3. The Labute approximate surface area is 153 Å². The standard InChI is InChI=1S/C19H26N2O3S/c1-24-19(23)16-4-2-15(3-5-16)18(22)20-12-14-6-9-21(10-7-14)17-8-11-25-13-17/h2-5,14,17H,6-13H2,1H3,(H,20,22)/t17-/m0/s1. The summed E-state index contributed by atoms with van der Waals surface area (Å²) in [6.45, 7) is 3.03. The molecule has 2 fully saturated rings. The number of carbonyl (C=O) groups is 2. The van der Waals surface area contributed by atoms with Crippen molar-refractivity contribution in [3.05, 3.63) is 35.4 Å². The third kappa shape index (κ3) is 4.76. The summed E-state index contributed by atoms with van der Waals surface area (Å²) in [6, 6.07) is 7.36. The highest BCUT2D eigenvalue weighted by atomic mass is 32.2. The average Bonchev–Trinajstić information content (AvgIpc) is 3.21. The number of rotatable bonds is 5. The molecule has 2 aliphatic rings. The number of esters is 1. The average molecular weight is 362 g/mol. The normalized spacial score (nSPS) is 21.9. The van der Waals surface area contributed by atoms with Crippen molar-refractivity contribution in [2.45, 2.75) is 25.3 Å². The van der Waals surface area contributed by atoms with E-state index in [0.29, 0.717) is 17.0 Å². The van der Waals surface area contributed by atoms with E-state index in [9.17, 15) is 9.59 Å². The number of hydrogen-bond acceptors (Lipinski definition) is 5. The van der Waals surface area contributed by atoms with Gasteiger partial charge in [0.05, 0.1) is 12.7 Å². The lowest BCUT2D eigenvalue weighted by molar-refractivity contribution is 0.0600. The van der Waals surface area contributed by atoms with Crippen LogP contribution in [0.5, 0.6) is 0 Å². The van der Waals surface area contributed by atoms with E-state index < -0.39 is 0 Å². The molecule has 2 saturated heterocycles. The van der Waals surface area contributed by atoms with Gasteiger partial charge in [0.25, 0.3) is 5.91 Å². The molecule has 2 heterocycles. The number of methoxy groups -OCH3 is 1. The SMILES string of the molecule is COC(=O)c1ccc(C(=O)NCC2CCN([C@H]3CCSC3)CC2)cc1. The number of ether oxygens (including phenoxy) is 1. The maximum Gasteiger partial charge on any atom is 0.337 e. The van der Waals surface area contributed by atoms with Crippen molar-refractivity contribution in [2.75, 3.05) is 38.2 Å². The smallest absolute Gasteiger partial charge is 0.337 e. The molecule has 0 aliphatic carbocycles. The number of nitrogens with one attached hydrogen (secondary N) is 1. The fourth-order valence-electron chi connectivity index (χ4n) is 3.55. The van der Waals surface area contributed by atoms with E-state index in [4.69, 9.17) is 0 Å². The van der Waals surface area contributed by atoms with E-state index in [1.807, 2.05) is 0 Å². The predicted molar refractivity (Wildman–Crippen MR) is 100 cm³/mol. The molecule has 0 radical (unpaired) electrons. The third-order valence-corrected chi connectivity index (χ3v) is 6.34. The zero-order valence-corrected chi connectivity index (χ0v) is 15.5. The van der Waals surface area contributed by atoms with Crippen molar-refractivity contribution in [3.8, 4) is 0 Å². The van der Waals surface area contributed by atoms with Crippen LogP contribution in [0, 0.1) is 5.92 Å². The van der Waals surface area contributed by atoms with Crippen LogP contribution in [0.1, 0.15) is 40.0 Å². The summed E-state index contributed by atoms with van der Waals surface area (Å²) in [5, 5.41) is 3.04. The minimum Gasteiger partial charge on any atom is -0.465 e. The number of benzene rings is 1. The molecule has 1 atom stereocenters. The molecule has 2 aliphatic heterocycles. The molecule has 5 nitrogen and oxygen atoms in total. The maximum atomic E-state index is 12.3. The van der Waals surface area contributed by atoms with E-state index in [-0.39, 0.29) is 11.9 Å². The van der Waals surface area contributed by atoms with Gasteiger partial charge < -0.3 is 10.1 Å². The monoisotopic (exact) mass is 362 g/mol. The number of likely N-dealkylation sites (tertiary alicyclic amines) is 1. The molecular weight excluding hydrogens is 336 g/mol. The van der Waals surface area contributed by atoms with Crippen LogP contribution in [-0.4, -0.2) is 61.1 Å². The Balaban J connectivity index is 1.42. The molecule has 1 aromatic carbocycles. The highest BCUT2D eigenvalue weighted by molar-refractivity contribution is 7.99. The lowest BCUT2D eigenvalue weighted by atomic mass is 9.95. The Bertz CT molecular complexity index is 591. The van der Waals surface area contributed by atoms with Crippen LogP contribution in [0.2, 0.25) is 0 Å². The van der Waals surface area contributed by atoms with Gasteiger partial charge in [0.1, 0.15) is 0 Å². The summed E-state index contributed by atoms with van der Waals surface area (Å²) < 4.78 is 4.66. The van der Waals surface area contributed by atoms with Crippen LogP contribution in [0.3, 0.4) is 0 Å². The van der Waals surface area contributed by atoms with Crippen molar-refractivity contribution >= 4 is 23.6 Å². The fraction of sp³-hybridized carbons (Fsp3) is 0.579. The van der Waals surface area contributed by atoms with Crippen molar-refractivity contribution in [1.29, 1.82) is 0 Å². The number of hydrogen-bond donors (Lipinski definition) is 1.